The Kier molecular flexibility index (Phi) is 4.26. The number of nitrogens with one attached hydrogen (secondary N) is 1. The van der Waals surface area contributed by atoms with Crippen molar-refractivity contribution >= 4 is 17.6 Å². The molecule has 0 radical (unpaired) electrons. The molecule has 0 saturated heterocycles. The van der Waals surface area contributed by atoms with E-state index in [-0.39, 0.29) is 17.4 Å². The fraction of sp³-hybridized carbons (Fsp3) is 0.385. The van der Waals surface area contributed by atoms with E-state index in [1.54, 1.807) is 19.1 Å². The summed E-state index contributed by atoms with van der Waals surface area (Å²) in [7, 11) is 0. The van der Waals surface area contributed by atoms with Gasteiger partial charge in [0.15, 0.2) is 0 Å². The molecule has 1 amide bonds. The van der Waals surface area contributed by atoms with E-state index in [0.29, 0.717) is 11.3 Å². The molecule has 0 aliphatic rings. The summed E-state index contributed by atoms with van der Waals surface area (Å²) in [4.78, 5) is 22.6. The van der Waals surface area contributed by atoms with Gasteiger partial charge in [-0.3, -0.25) is 4.79 Å². The van der Waals surface area contributed by atoms with E-state index in [1.807, 2.05) is 13.8 Å². The second-order valence-corrected chi connectivity index (χ2v) is 4.13. The maximum atomic E-state index is 11.7. The van der Waals surface area contributed by atoms with Crippen LogP contribution < -0.4 is 5.32 Å². The Hall–Kier alpha value is -1.84. The fourth-order valence-electron chi connectivity index (χ4n) is 1.38. The van der Waals surface area contributed by atoms with Crippen molar-refractivity contribution < 1.29 is 14.7 Å². The van der Waals surface area contributed by atoms with Crippen molar-refractivity contribution in [3.8, 4) is 0 Å². The Labute approximate surface area is 101 Å². The monoisotopic (exact) mass is 235 g/mol. The van der Waals surface area contributed by atoms with Crippen molar-refractivity contribution in [2.24, 2.45) is 5.92 Å². The lowest BCUT2D eigenvalue weighted by molar-refractivity contribution is -0.119. The van der Waals surface area contributed by atoms with Gasteiger partial charge in [0.1, 0.15) is 0 Å². The van der Waals surface area contributed by atoms with Crippen LogP contribution in [0.5, 0.6) is 0 Å². The molecule has 4 heteroatoms. The number of anilines is 1. The van der Waals surface area contributed by atoms with E-state index in [2.05, 4.69) is 5.32 Å². The van der Waals surface area contributed by atoms with Gasteiger partial charge >= 0.3 is 5.97 Å². The molecular weight excluding hydrogens is 218 g/mol. The molecule has 1 unspecified atom stereocenters. The van der Waals surface area contributed by atoms with E-state index < -0.39 is 5.97 Å². The molecule has 0 saturated carbocycles. The van der Waals surface area contributed by atoms with Crippen LogP contribution in [0.25, 0.3) is 0 Å². The van der Waals surface area contributed by atoms with Gasteiger partial charge in [0, 0.05) is 11.6 Å². The molecule has 0 aromatic heterocycles. The zero-order valence-electron chi connectivity index (χ0n) is 10.3. The number of carbonyl (C=O) groups excluding carboxylic acids is 1. The van der Waals surface area contributed by atoms with Crippen LogP contribution in [0.1, 0.15) is 36.2 Å². The lowest BCUT2D eigenvalue weighted by Crippen LogP contribution is -2.19. The van der Waals surface area contributed by atoms with Crippen LogP contribution in [-0.4, -0.2) is 17.0 Å². The summed E-state index contributed by atoms with van der Waals surface area (Å²) in [5.74, 6) is -1.15. The van der Waals surface area contributed by atoms with E-state index in [9.17, 15) is 9.59 Å². The lowest BCUT2D eigenvalue weighted by atomic mass is 10.1. The molecule has 92 valence electrons. The first kappa shape index (κ1) is 13.2. The van der Waals surface area contributed by atoms with Crippen molar-refractivity contribution in [1.82, 2.24) is 0 Å². The van der Waals surface area contributed by atoms with Gasteiger partial charge in [0.2, 0.25) is 5.91 Å². The zero-order chi connectivity index (χ0) is 13.0. The summed E-state index contributed by atoms with van der Waals surface area (Å²) < 4.78 is 0. The summed E-state index contributed by atoms with van der Waals surface area (Å²) in [5, 5.41) is 11.7. The molecule has 0 spiro atoms. The number of aromatic carboxylic acids is 1. The van der Waals surface area contributed by atoms with Crippen LogP contribution in [0.2, 0.25) is 0 Å². The topological polar surface area (TPSA) is 66.4 Å². The van der Waals surface area contributed by atoms with Gasteiger partial charge in [-0.15, -0.1) is 0 Å². The normalized spacial score (nSPS) is 11.9. The van der Waals surface area contributed by atoms with Crippen molar-refractivity contribution in [2.75, 3.05) is 5.32 Å². The van der Waals surface area contributed by atoms with Gasteiger partial charge in [-0.25, -0.2) is 4.79 Å². The van der Waals surface area contributed by atoms with E-state index in [4.69, 9.17) is 5.11 Å². The first-order valence-electron chi connectivity index (χ1n) is 5.60. The van der Waals surface area contributed by atoms with Gasteiger partial charge < -0.3 is 10.4 Å². The molecule has 1 rings (SSSR count). The Morgan fingerprint density at radius 2 is 2.06 bits per heavy atom. The predicted octanol–water partition coefficient (Wildman–Crippen LogP) is 2.68. The maximum Gasteiger partial charge on any atom is 0.336 e. The standard InChI is InChI=1S/C13H17NO3/c1-4-8(2)12(15)14-10-6-5-9(3)11(7-10)13(16)17/h5-8H,4H2,1-3H3,(H,14,15)(H,16,17). The number of carboxylic acid groups (broad SMARTS) is 1. The number of carboxylic acids is 1. The largest absolute Gasteiger partial charge is 0.478 e. The molecule has 0 heterocycles. The molecule has 1 aromatic rings. The highest BCUT2D eigenvalue weighted by Gasteiger charge is 2.12. The molecule has 1 atom stereocenters. The van der Waals surface area contributed by atoms with E-state index in [0.717, 1.165) is 6.42 Å². The highest BCUT2D eigenvalue weighted by atomic mass is 16.4. The van der Waals surface area contributed by atoms with Crippen molar-refractivity contribution in [2.45, 2.75) is 27.2 Å². The number of rotatable bonds is 4. The van der Waals surface area contributed by atoms with Crippen molar-refractivity contribution in [3.05, 3.63) is 29.3 Å². The third-order valence-electron chi connectivity index (χ3n) is 2.80. The van der Waals surface area contributed by atoms with Crippen LogP contribution >= 0.6 is 0 Å². The zero-order valence-corrected chi connectivity index (χ0v) is 10.3. The van der Waals surface area contributed by atoms with E-state index in [1.165, 1.54) is 6.07 Å². The highest BCUT2D eigenvalue weighted by molar-refractivity contribution is 5.95. The molecular formula is C13H17NO3. The van der Waals surface area contributed by atoms with Crippen LogP contribution in [0.15, 0.2) is 18.2 Å². The highest BCUT2D eigenvalue weighted by Crippen LogP contribution is 2.16. The lowest BCUT2D eigenvalue weighted by Gasteiger charge is -2.11. The van der Waals surface area contributed by atoms with Gasteiger partial charge in [-0.05, 0) is 31.0 Å². The van der Waals surface area contributed by atoms with Crippen LogP contribution in [-0.2, 0) is 4.79 Å². The van der Waals surface area contributed by atoms with Gasteiger partial charge in [0.25, 0.3) is 0 Å². The molecule has 0 aliphatic carbocycles. The summed E-state index contributed by atoms with van der Waals surface area (Å²) >= 11 is 0. The molecule has 0 bridgehead atoms. The van der Waals surface area contributed by atoms with Gasteiger partial charge in [-0.1, -0.05) is 19.9 Å². The van der Waals surface area contributed by atoms with Crippen LogP contribution in [0.4, 0.5) is 5.69 Å². The first-order valence-corrected chi connectivity index (χ1v) is 5.60. The average Bonchev–Trinajstić information content (AvgIpc) is 2.30. The predicted molar refractivity (Wildman–Crippen MR) is 66.2 cm³/mol. The number of carbonyl (C=O) groups is 2. The molecule has 0 aliphatic heterocycles. The Morgan fingerprint density at radius 3 is 2.59 bits per heavy atom. The fourth-order valence-corrected chi connectivity index (χ4v) is 1.38. The smallest absolute Gasteiger partial charge is 0.336 e. The Morgan fingerprint density at radius 1 is 1.41 bits per heavy atom. The minimum Gasteiger partial charge on any atom is -0.478 e. The number of aryl methyl sites for hydroxylation is 1. The Balaban J connectivity index is 2.90. The van der Waals surface area contributed by atoms with Gasteiger partial charge in [0.05, 0.1) is 5.56 Å². The molecule has 17 heavy (non-hydrogen) atoms. The van der Waals surface area contributed by atoms with Crippen molar-refractivity contribution in [1.29, 1.82) is 0 Å². The van der Waals surface area contributed by atoms with Crippen molar-refractivity contribution in [3.63, 3.8) is 0 Å². The second-order valence-electron chi connectivity index (χ2n) is 4.13. The minimum atomic E-state index is -0.984. The van der Waals surface area contributed by atoms with E-state index >= 15 is 0 Å². The number of hydrogen-bond acceptors (Lipinski definition) is 2. The second kappa shape index (κ2) is 5.48. The minimum absolute atomic E-state index is 0.0791. The summed E-state index contributed by atoms with van der Waals surface area (Å²) in [6.07, 6.45) is 0.753. The number of benzene rings is 1. The quantitative estimate of drug-likeness (QED) is 0.843. The van der Waals surface area contributed by atoms with Crippen LogP contribution in [0, 0.1) is 12.8 Å². The number of amides is 1. The Bertz CT molecular complexity index is 440. The molecule has 0 fully saturated rings. The third kappa shape index (κ3) is 3.31. The number of hydrogen-bond donors (Lipinski definition) is 2. The van der Waals surface area contributed by atoms with Gasteiger partial charge in [-0.2, -0.15) is 0 Å². The average molecular weight is 235 g/mol. The summed E-state index contributed by atoms with van der Waals surface area (Å²) in [6, 6.07) is 4.88. The molecule has 4 nitrogen and oxygen atoms in total. The first-order chi connectivity index (χ1) is 7.95. The molecule has 1 aromatic carbocycles. The summed E-state index contributed by atoms with van der Waals surface area (Å²) in [5.41, 5.74) is 1.42. The maximum absolute atomic E-state index is 11.7. The summed E-state index contributed by atoms with van der Waals surface area (Å²) in [6.45, 7) is 5.49. The molecule has 2 N–H and O–H groups in total. The third-order valence-corrected chi connectivity index (χ3v) is 2.80. The van der Waals surface area contributed by atoms with Crippen LogP contribution in [0.3, 0.4) is 0 Å². The SMILES string of the molecule is CCC(C)C(=O)Nc1ccc(C)c(C(=O)O)c1.